The molecule has 1 aromatic rings. The van der Waals surface area contributed by atoms with Crippen molar-refractivity contribution in [3.63, 3.8) is 0 Å². The van der Waals surface area contributed by atoms with Crippen LogP contribution in [0.3, 0.4) is 0 Å². The van der Waals surface area contributed by atoms with E-state index >= 15 is 0 Å². The molecule has 1 heterocycles. The summed E-state index contributed by atoms with van der Waals surface area (Å²) in [6.07, 6.45) is 0.562. The van der Waals surface area contributed by atoms with Crippen LogP contribution in [-0.4, -0.2) is 93.2 Å². The summed E-state index contributed by atoms with van der Waals surface area (Å²) < 4.78 is 16.4. The molecule has 0 aliphatic carbocycles. The van der Waals surface area contributed by atoms with Crippen molar-refractivity contribution in [2.45, 2.75) is 44.1 Å². The number of methoxy groups -OCH3 is 2. The molecule has 1 fully saturated rings. The van der Waals surface area contributed by atoms with E-state index in [0.29, 0.717) is 26.2 Å². The average molecular weight is 409 g/mol. The molecule has 164 valence electrons. The first-order valence-electron chi connectivity index (χ1n) is 10.4. The van der Waals surface area contributed by atoms with Crippen LogP contribution in [0.5, 0.6) is 0 Å². The van der Waals surface area contributed by atoms with Gasteiger partial charge in [0.1, 0.15) is 0 Å². The zero-order valence-electron chi connectivity index (χ0n) is 18.0. The summed E-state index contributed by atoms with van der Waals surface area (Å²) >= 11 is 0. The largest absolute Gasteiger partial charge is 0.390 e. The molecule has 1 saturated heterocycles. The summed E-state index contributed by atoms with van der Waals surface area (Å²) in [6.45, 7) is 4.33. The third-order valence-electron chi connectivity index (χ3n) is 5.35. The summed E-state index contributed by atoms with van der Waals surface area (Å²) in [5, 5.41) is 10.4. The van der Waals surface area contributed by atoms with Crippen LogP contribution in [0, 0.1) is 0 Å². The van der Waals surface area contributed by atoms with Crippen LogP contribution in [-0.2, 0) is 25.5 Å². The second-order valence-corrected chi connectivity index (χ2v) is 7.62. The lowest BCUT2D eigenvalue weighted by Gasteiger charge is -2.36. The zero-order valence-corrected chi connectivity index (χ0v) is 18.0. The highest BCUT2D eigenvalue weighted by molar-refractivity contribution is 5.81. The van der Waals surface area contributed by atoms with Crippen molar-refractivity contribution in [3.05, 3.63) is 35.9 Å². The van der Waals surface area contributed by atoms with Gasteiger partial charge in [0, 0.05) is 47.4 Å². The Morgan fingerprint density at radius 1 is 1.10 bits per heavy atom. The second kappa shape index (κ2) is 12.9. The summed E-state index contributed by atoms with van der Waals surface area (Å²) in [7, 11) is 5.15. The highest BCUT2D eigenvalue weighted by atomic mass is 16.5. The molecule has 0 bridgehead atoms. The third-order valence-corrected chi connectivity index (χ3v) is 5.35. The van der Waals surface area contributed by atoms with Gasteiger partial charge in [-0.2, -0.15) is 0 Å². The summed E-state index contributed by atoms with van der Waals surface area (Å²) in [5.41, 5.74) is 1.05. The van der Waals surface area contributed by atoms with Gasteiger partial charge >= 0.3 is 0 Å². The van der Waals surface area contributed by atoms with Gasteiger partial charge in [-0.15, -0.1) is 0 Å². The minimum absolute atomic E-state index is 0.0370. The lowest BCUT2D eigenvalue weighted by atomic mass is 9.98. The number of nitrogens with zero attached hydrogens (tertiary/aromatic N) is 2. The fourth-order valence-corrected chi connectivity index (χ4v) is 3.56. The van der Waals surface area contributed by atoms with E-state index in [2.05, 4.69) is 4.90 Å². The summed E-state index contributed by atoms with van der Waals surface area (Å²) in [5.74, 6) is -0.165. The van der Waals surface area contributed by atoms with E-state index in [1.54, 1.807) is 26.2 Å². The molecule has 7 heteroatoms. The van der Waals surface area contributed by atoms with Crippen molar-refractivity contribution >= 4 is 5.91 Å². The highest BCUT2D eigenvalue weighted by Gasteiger charge is 2.36. The topological polar surface area (TPSA) is 71.5 Å². The van der Waals surface area contributed by atoms with Crippen LogP contribution >= 0.6 is 0 Å². The number of likely N-dealkylation sites (N-methyl/N-ethyl adjacent to an activating group) is 1. The maximum Gasteiger partial charge on any atom is 0.254 e. The quantitative estimate of drug-likeness (QED) is 0.566. The van der Waals surface area contributed by atoms with Crippen molar-refractivity contribution < 1.29 is 24.1 Å². The summed E-state index contributed by atoms with van der Waals surface area (Å²) in [4.78, 5) is 16.8. The van der Waals surface area contributed by atoms with Crippen LogP contribution in [0.25, 0.3) is 0 Å². The molecular formula is C22H36N2O5. The molecule has 29 heavy (non-hydrogen) atoms. The Morgan fingerprint density at radius 3 is 2.38 bits per heavy atom. The fraction of sp³-hybridized carbons (Fsp3) is 0.682. The van der Waals surface area contributed by atoms with Crippen LogP contribution in [0.1, 0.15) is 24.8 Å². The van der Waals surface area contributed by atoms with E-state index < -0.39 is 12.2 Å². The van der Waals surface area contributed by atoms with Crippen molar-refractivity contribution in [1.29, 1.82) is 0 Å². The van der Waals surface area contributed by atoms with E-state index in [1.165, 1.54) is 0 Å². The van der Waals surface area contributed by atoms with Crippen molar-refractivity contribution in [2.24, 2.45) is 0 Å². The van der Waals surface area contributed by atoms with Gasteiger partial charge in [-0.05, 0) is 24.8 Å². The van der Waals surface area contributed by atoms with Gasteiger partial charge in [-0.3, -0.25) is 9.69 Å². The van der Waals surface area contributed by atoms with Crippen molar-refractivity contribution in [3.8, 4) is 0 Å². The molecule has 1 amide bonds. The number of hydrogen-bond acceptors (Lipinski definition) is 6. The maximum absolute atomic E-state index is 12.9. The molecule has 0 aromatic heterocycles. The maximum atomic E-state index is 12.9. The zero-order chi connectivity index (χ0) is 21.1. The number of benzene rings is 1. The van der Waals surface area contributed by atoms with Gasteiger partial charge in [-0.25, -0.2) is 0 Å². The number of ether oxygens (including phenoxy) is 3. The Hall–Kier alpha value is -1.51. The van der Waals surface area contributed by atoms with Gasteiger partial charge in [0.05, 0.1) is 25.4 Å². The van der Waals surface area contributed by atoms with E-state index in [0.717, 1.165) is 38.0 Å². The molecule has 3 atom stereocenters. The number of carbonyl (C=O) groups is 1. The number of aliphatic hydroxyl groups excluding tert-OH is 1. The van der Waals surface area contributed by atoms with Crippen LogP contribution in [0.2, 0.25) is 0 Å². The molecule has 0 saturated carbocycles. The Morgan fingerprint density at radius 2 is 1.76 bits per heavy atom. The number of aliphatic hydroxyl groups is 1. The molecule has 1 aromatic carbocycles. The molecule has 0 unspecified atom stereocenters. The average Bonchev–Trinajstić information content (AvgIpc) is 2.74. The van der Waals surface area contributed by atoms with E-state index in [1.807, 2.05) is 30.3 Å². The van der Waals surface area contributed by atoms with Gasteiger partial charge in [0.15, 0.2) is 6.10 Å². The van der Waals surface area contributed by atoms with Gasteiger partial charge in [0.2, 0.25) is 0 Å². The number of rotatable bonds is 12. The van der Waals surface area contributed by atoms with Crippen LogP contribution in [0.15, 0.2) is 30.3 Å². The molecule has 0 radical (unpaired) electrons. The first-order valence-corrected chi connectivity index (χ1v) is 10.4. The second-order valence-electron chi connectivity index (χ2n) is 7.62. The number of carbonyl (C=O) groups excluding carboxylic acids is 1. The normalized spacial score (nSPS) is 22.0. The Bertz CT molecular complexity index is 578. The highest BCUT2D eigenvalue weighted by Crippen LogP contribution is 2.24. The monoisotopic (exact) mass is 408 g/mol. The molecule has 1 aliphatic heterocycles. The third kappa shape index (κ3) is 8.03. The minimum Gasteiger partial charge on any atom is -0.390 e. The Balaban J connectivity index is 1.87. The predicted octanol–water partition coefficient (Wildman–Crippen LogP) is 1.54. The summed E-state index contributed by atoms with van der Waals surface area (Å²) in [6, 6.07) is 9.83. The van der Waals surface area contributed by atoms with Gasteiger partial charge in [0.25, 0.3) is 5.91 Å². The first kappa shape index (κ1) is 23.8. The molecule has 1 N–H and O–H groups in total. The number of hydrogen-bond donors (Lipinski definition) is 1. The standard InChI is InChI=1S/C22H36N2O5/c1-23(17-18-7-5-4-6-8-18)22(26)21-20(25)10-9-19(29-21)11-12-24(13-15-27-2)14-16-28-3/h4-8,19-21,25H,9-17H2,1-3H3/t19-,20-,21+/m0/s1. The molecule has 0 spiro atoms. The molecule has 2 rings (SSSR count). The van der Waals surface area contributed by atoms with Gasteiger partial charge < -0.3 is 24.2 Å². The molecular weight excluding hydrogens is 372 g/mol. The molecule has 1 aliphatic rings. The van der Waals surface area contributed by atoms with Crippen LogP contribution < -0.4 is 0 Å². The van der Waals surface area contributed by atoms with Gasteiger partial charge in [-0.1, -0.05) is 30.3 Å². The van der Waals surface area contributed by atoms with Crippen LogP contribution in [0.4, 0.5) is 0 Å². The first-order chi connectivity index (χ1) is 14.0. The van der Waals surface area contributed by atoms with Crippen molar-refractivity contribution in [1.82, 2.24) is 9.80 Å². The lowest BCUT2D eigenvalue weighted by molar-refractivity contribution is -0.167. The van der Waals surface area contributed by atoms with Crippen molar-refractivity contribution in [2.75, 3.05) is 54.1 Å². The predicted molar refractivity (Wildman–Crippen MR) is 112 cm³/mol. The Labute approximate surface area is 174 Å². The minimum atomic E-state index is -0.797. The Kier molecular flexibility index (Phi) is 10.6. The molecule has 7 nitrogen and oxygen atoms in total. The van der Waals surface area contributed by atoms with E-state index in [-0.39, 0.29) is 12.0 Å². The number of amides is 1. The van der Waals surface area contributed by atoms with E-state index in [4.69, 9.17) is 14.2 Å². The SMILES string of the molecule is COCCN(CCOC)CC[C@@H]1CC[C@H](O)[C@H](C(=O)N(C)Cc2ccccc2)O1. The fourth-order valence-electron chi connectivity index (χ4n) is 3.56. The smallest absolute Gasteiger partial charge is 0.254 e. The lowest BCUT2D eigenvalue weighted by Crippen LogP contribution is -2.49. The van der Waals surface area contributed by atoms with E-state index in [9.17, 15) is 9.90 Å².